The third-order valence-corrected chi connectivity index (χ3v) is 8.41. The maximum Gasteiger partial charge on any atom is 0.295 e. The molecule has 0 atom stereocenters. The fourth-order valence-electron chi connectivity index (χ4n) is 3.98. The highest BCUT2D eigenvalue weighted by molar-refractivity contribution is 7.94. The first-order chi connectivity index (χ1) is 22.4. The number of hydrogen-bond donors (Lipinski definition) is 5. The van der Waals surface area contributed by atoms with E-state index in [0.717, 1.165) is 24.3 Å². The summed E-state index contributed by atoms with van der Waals surface area (Å²) in [7, 11) is -9.88. The van der Waals surface area contributed by atoms with Gasteiger partial charge in [0, 0.05) is 21.4 Å². The van der Waals surface area contributed by atoms with Crippen LogP contribution in [0.5, 0.6) is 5.75 Å². The summed E-state index contributed by atoms with van der Waals surface area (Å²) in [4.78, 5) is 10.7. The van der Waals surface area contributed by atoms with Crippen LogP contribution in [-0.2, 0) is 29.6 Å². The van der Waals surface area contributed by atoms with Gasteiger partial charge in [0.2, 0.25) is 17.2 Å². The lowest BCUT2D eigenvalue weighted by Gasteiger charge is -2.11. The molecule has 5 aromatic rings. The Labute approximate surface area is 275 Å². The molecule has 4 aromatic carbocycles. The number of fused-ring (bicyclic) bond motifs is 1. The van der Waals surface area contributed by atoms with Crippen LogP contribution in [0.15, 0.2) is 104 Å². The van der Waals surface area contributed by atoms with Crippen LogP contribution in [0.2, 0.25) is 5.28 Å². The van der Waals surface area contributed by atoms with Gasteiger partial charge in [-0.1, -0.05) is 23.2 Å². The van der Waals surface area contributed by atoms with Crippen molar-refractivity contribution in [3.63, 3.8) is 0 Å². The predicted molar refractivity (Wildman–Crippen MR) is 169 cm³/mol. The molecular weight excluding hydrogens is 702 g/mol. The molecule has 1 aromatic heterocycles. The molecular formula is C26H20ClN7O10S3. The van der Waals surface area contributed by atoms with E-state index < -0.39 is 30.0 Å². The van der Waals surface area contributed by atoms with E-state index >= 15 is 0 Å². The smallest absolute Gasteiger partial charge is 0.295 e. The van der Waals surface area contributed by atoms with Crippen molar-refractivity contribution in [2.24, 2.45) is 10.2 Å². The van der Waals surface area contributed by atoms with Gasteiger partial charge in [0.05, 0.1) is 23.4 Å². The number of anilines is 3. The van der Waals surface area contributed by atoms with E-state index in [0.29, 0.717) is 29.2 Å². The van der Waals surface area contributed by atoms with Gasteiger partial charge in [-0.15, -0.1) is 4.33 Å². The van der Waals surface area contributed by atoms with Gasteiger partial charge in [0.15, 0.2) is 6.73 Å². The lowest BCUT2D eigenvalue weighted by atomic mass is 10.1. The summed E-state index contributed by atoms with van der Waals surface area (Å²) in [6, 6.07) is 19.6. The van der Waals surface area contributed by atoms with Crippen LogP contribution in [0.4, 0.5) is 29.0 Å². The average molecular weight is 722 g/mol. The minimum atomic E-state index is -4.95. The van der Waals surface area contributed by atoms with Crippen LogP contribution in [0.25, 0.3) is 10.8 Å². The van der Waals surface area contributed by atoms with E-state index in [1.807, 2.05) is 18.2 Å². The van der Waals surface area contributed by atoms with Crippen molar-refractivity contribution in [2.75, 3.05) is 17.4 Å². The van der Waals surface area contributed by atoms with Gasteiger partial charge in [-0.2, -0.15) is 42.0 Å². The highest BCUT2D eigenvalue weighted by Crippen LogP contribution is 2.37. The standard InChI is InChI=1S/C26H20ClN7O10S3/c27-24-30-25(28-14-42-18-4-2-1-3-5-18)32-26(31-24)29-15-6-8-16(9-7-15)33-34-17-10-20-21(22(11-17)46(36,37)38)12-19(45-44-43-35)13-23(20)47(39,40)41/h1-13,35H,14H2,(H,36,37,38)(H,39,40,41)(H2,28,29,30,31,32). The van der Waals surface area contributed by atoms with Crippen LogP contribution in [0, 0.1) is 0 Å². The second kappa shape index (κ2) is 14.5. The maximum atomic E-state index is 12.2. The van der Waals surface area contributed by atoms with Crippen molar-refractivity contribution < 1.29 is 45.3 Å². The topological polar surface area (TPSA) is 244 Å². The highest BCUT2D eigenvalue weighted by atomic mass is 35.5. The molecule has 21 heteroatoms. The fourth-order valence-corrected chi connectivity index (χ4v) is 6.10. The second-order valence-corrected chi connectivity index (χ2v) is 12.9. The molecule has 5 N–H and O–H groups in total. The third-order valence-electron chi connectivity index (χ3n) is 5.89. The molecule has 0 fully saturated rings. The van der Waals surface area contributed by atoms with Gasteiger partial charge in [-0.05, 0) is 72.3 Å². The van der Waals surface area contributed by atoms with Crippen molar-refractivity contribution in [1.29, 1.82) is 0 Å². The van der Waals surface area contributed by atoms with Crippen molar-refractivity contribution in [1.82, 2.24) is 15.0 Å². The van der Waals surface area contributed by atoms with Crippen molar-refractivity contribution in [3.8, 4) is 5.75 Å². The maximum absolute atomic E-state index is 12.2. The number of nitrogens with zero attached hydrogens (tertiary/aromatic N) is 5. The molecule has 5 rings (SSSR count). The Kier molecular flexibility index (Phi) is 10.4. The quantitative estimate of drug-likeness (QED) is 0.0226. The van der Waals surface area contributed by atoms with Gasteiger partial charge < -0.3 is 15.4 Å². The molecule has 0 radical (unpaired) electrons. The summed E-state index contributed by atoms with van der Waals surface area (Å²) < 4.78 is 78.3. The van der Waals surface area contributed by atoms with Crippen LogP contribution < -0.4 is 15.4 Å². The average Bonchev–Trinajstić information content (AvgIpc) is 3.02. The minimum absolute atomic E-state index is 0.0681. The molecule has 0 amide bonds. The molecule has 244 valence electrons. The van der Waals surface area contributed by atoms with E-state index in [1.54, 1.807) is 36.4 Å². The first kappa shape index (κ1) is 33.8. The zero-order chi connectivity index (χ0) is 33.6. The normalized spacial score (nSPS) is 12.0. The molecule has 0 bridgehead atoms. The number of azo groups is 1. The Morgan fingerprint density at radius 2 is 1.43 bits per heavy atom. The Bertz CT molecular complexity index is 2160. The fraction of sp³-hybridized carbons (Fsp3) is 0.0385. The molecule has 0 aliphatic carbocycles. The summed E-state index contributed by atoms with van der Waals surface area (Å²) in [5, 5.41) is 25.1. The Morgan fingerprint density at radius 3 is 2.11 bits per heavy atom. The minimum Gasteiger partial charge on any atom is -0.473 e. The zero-order valence-electron chi connectivity index (χ0n) is 23.3. The van der Waals surface area contributed by atoms with Crippen molar-refractivity contribution in [2.45, 2.75) is 14.7 Å². The van der Waals surface area contributed by atoms with Gasteiger partial charge in [0.1, 0.15) is 15.5 Å². The number of rotatable bonds is 13. The number of hydrogen-bond acceptors (Lipinski definition) is 16. The van der Waals surface area contributed by atoms with Crippen LogP contribution >= 0.6 is 23.6 Å². The number of benzene rings is 4. The molecule has 0 spiro atoms. The van der Waals surface area contributed by atoms with Crippen LogP contribution in [0.3, 0.4) is 0 Å². The summed E-state index contributed by atoms with van der Waals surface area (Å²) in [6.45, 7) is 0.0681. The highest BCUT2D eigenvalue weighted by Gasteiger charge is 2.23. The Balaban J connectivity index is 1.36. The number of ether oxygens (including phenoxy) is 1. The van der Waals surface area contributed by atoms with Crippen LogP contribution in [0.1, 0.15) is 0 Å². The molecule has 17 nitrogen and oxygen atoms in total. The number of para-hydroxylation sites is 1. The largest absolute Gasteiger partial charge is 0.473 e. The van der Waals surface area contributed by atoms with E-state index in [9.17, 15) is 25.9 Å². The van der Waals surface area contributed by atoms with Gasteiger partial charge in [-0.25, -0.2) is 5.26 Å². The van der Waals surface area contributed by atoms with Gasteiger partial charge in [0.25, 0.3) is 20.2 Å². The number of aromatic nitrogens is 3. The van der Waals surface area contributed by atoms with E-state index in [4.69, 9.17) is 21.6 Å². The van der Waals surface area contributed by atoms with E-state index in [-0.39, 0.29) is 45.3 Å². The summed E-state index contributed by atoms with van der Waals surface area (Å²) in [5.41, 5.74) is 0.642. The monoisotopic (exact) mass is 721 g/mol. The van der Waals surface area contributed by atoms with Crippen LogP contribution in [-0.4, -0.2) is 52.9 Å². The summed E-state index contributed by atoms with van der Waals surface area (Å²) in [5.74, 6) is 0.933. The molecule has 47 heavy (non-hydrogen) atoms. The summed E-state index contributed by atoms with van der Waals surface area (Å²) in [6.07, 6.45) is 0. The Hall–Kier alpha value is -4.51. The first-order valence-electron chi connectivity index (χ1n) is 12.7. The predicted octanol–water partition coefficient (Wildman–Crippen LogP) is 6.21. The molecule has 0 saturated carbocycles. The molecule has 0 unspecified atom stereocenters. The SMILES string of the molecule is O=S(=O)(O)c1cc(SOOO)cc2c(S(=O)(=O)O)cc(N=Nc3ccc(Nc4nc(Cl)nc(NCOc5ccccc5)n4)cc3)cc12. The number of halogens is 1. The van der Waals surface area contributed by atoms with E-state index in [2.05, 4.69) is 45.2 Å². The summed E-state index contributed by atoms with van der Waals surface area (Å²) >= 11 is 6.35. The molecule has 0 aliphatic rings. The lowest BCUT2D eigenvalue weighted by Crippen LogP contribution is -2.12. The van der Waals surface area contributed by atoms with E-state index in [1.165, 1.54) is 0 Å². The Morgan fingerprint density at radius 1 is 0.787 bits per heavy atom. The molecule has 0 aliphatic heterocycles. The molecule has 1 heterocycles. The molecule has 0 saturated heterocycles. The third kappa shape index (κ3) is 9.06. The van der Waals surface area contributed by atoms with Gasteiger partial charge in [-0.3, -0.25) is 9.11 Å². The van der Waals surface area contributed by atoms with Crippen molar-refractivity contribution >= 4 is 83.6 Å². The van der Waals surface area contributed by atoms with Crippen molar-refractivity contribution in [3.05, 3.63) is 84.1 Å². The zero-order valence-corrected chi connectivity index (χ0v) is 26.5. The first-order valence-corrected chi connectivity index (χ1v) is 16.7. The number of nitrogens with one attached hydrogen (secondary N) is 2. The lowest BCUT2D eigenvalue weighted by molar-refractivity contribution is -0.432. The second-order valence-electron chi connectivity index (χ2n) is 9.04. The van der Waals surface area contributed by atoms with Gasteiger partial charge >= 0.3 is 0 Å².